The molecule has 0 fully saturated rings. The van der Waals surface area contributed by atoms with E-state index in [0.717, 1.165) is 4.48 Å². The summed E-state index contributed by atoms with van der Waals surface area (Å²) in [4.78, 5) is 0. The van der Waals surface area contributed by atoms with Gasteiger partial charge < -0.3 is 4.48 Å². The van der Waals surface area contributed by atoms with Crippen LogP contribution in [0.2, 0.25) is 0 Å². The van der Waals surface area contributed by atoms with Crippen LogP contribution in [0.1, 0.15) is 115 Å². The van der Waals surface area contributed by atoms with Crippen molar-refractivity contribution >= 4 is 6.08 Å². The maximum atomic E-state index is 2.33. The zero-order valence-corrected chi connectivity index (χ0v) is 20.0. The molecule has 0 amide bonds. The minimum absolute atomic E-state index is 0.980. The molecule has 1 aromatic carbocycles. The van der Waals surface area contributed by atoms with Gasteiger partial charge in [0.05, 0.1) is 26.8 Å². The Balaban J connectivity index is 1.86. The second-order valence-corrected chi connectivity index (χ2v) is 9.53. The van der Waals surface area contributed by atoms with Crippen LogP contribution in [0.3, 0.4) is 0 Å². The van der Waals surface area contributed by atoms with Crippen LogP contribution in [0.15, 0.2) is 36.5 Å². The first kappa shape index (κ1) is 26.0. The molecule has 1 aromatic rings. The Kier molecular flexibility index (Phi) is 15.9. The summed E-state index contributed by atoms with van der Waals surface area (Å²) in [6, 6.07) is 10.6. The summed E-state index contributed by atoms with van der Waals surface area (Å²) in [6.07, 6.45) is 27.6. The van der Waals surface area contributed by atoms with E-state index in [4.69, 9.17) is 0 Å². The van der Waals surface area contributed by atoms with E-state index in [2.05, 4.69) is 63.6 Å². The van der Waals surface area contributed by atoms with Crippen molar-refractivity contribution in [3.63, 3.8) is 0 Å². The molecule has 0 aliphatic carbocycles. The normalized spacial score (nSPS) is 12.1. The van der Waals surface area contributed by atoms with Crippen LogP contribution >= 0.6 is 0 Å². The summed E-state index contributed by atoms with van der Waals surface area (Å²) in [5, 5.41) is 0. The van der Waals surface area contributed by atoms with Crippen molar-refractivity contribution in [1.82, 2.24) is 0 Å². The first-order chi connectivity index (χ1) is 14.1. The van der Waals surface area contributed by atoms with Gasteiger partial charge in [-0.1, -0.05) is 127 Å². The molecule has 0 aliphatic rings. The van der Waals surface area contributed by atoms with Gasteiger partial charge in [-0.15, -0.1) is 0 Å². The molecule has 0 spiro atoms. The van der Waals surface area contributed by atoms with E-state index in [-0.39, 0.29) is 0 Å². The average Bonchev–Trinajstić information content (AvgIpc) is 2.73. The molecule has 1 rings (SSSR count). The molecule has 0 aliphatic heterocycles. The van der Waals surface area contributed by atoms with Crippen LogP contribution in [0.4, 0.5) is 0 Å². The summed E-state index contributed by atoms with van der Waals surface area (Å²) < 4.78 is 0.980. The summed E-state index contributed by atoms with van der Waals surface area (Å²) in [7, 11) is 4.62. The summed E-state index contributed by atoms with van der Waals surface area (Å²) in [6.45, 7) is 3.54. The molecule has 0 saturated heterocycles. The number of nitrogens with zero attached hydrogens (tertiary/aromatic N) is 1. The fourth-order valence-electron chi connectivity index (χ4n) is 3.99. The highest BCUT2D eigenvalue weighted by Crippen LogP contribution is 2.14. The second kappa shape index (κ2) is 17.8. The van der Waals surface area contributed by atoms with E-state index in [1.54, 1.807) is 0 Å². The molecule has 0 unspecified atom stereocenters. The minimum atomic E-state index is 0.980. The van der Waals surface area contributed by atoms with E-state index >= 15 is 0 Å². The Hall–Kier alpha value is -1.08. The number of unbranched alkanes of at least 4 members (excludes halogenated alkanes) is 15. The van der Waals surface area contributed by atoms with Gasteiger partial charge in [0.25, 0.3) is 0 Å². The Labute approximate surface area is 183 Å². The van der Waals surface area contributed by atoms with Crippen molar-refractivity contribution in [2.75, 3.05) is 20.6 Å². The third-order valence-corrected chi connectivity index (χ3v) is 6.06. The van der Waals surface area contributed by atoms with Crippen LogP contribution in [0.5, 0.6) is 0 Å². The Morgan fingerprint density at radius 1 is 0.586 bits per heavy atom. The van der Waals surface area contributed by atoms with Gasteiger partial charge in [0.2, 0.25) is 0 Å². The van der Waals surface area contributed by atoms with Crippen molar-refractivity contribution in [1.29, 1.82) is 0 Å². The van der Waals surface area contributed by atoms with Crippen LogP contribution in [-0.4, -0.2) is 25.1 Å². The molecule has 29 heavy (non-hydrogen) atoms. The van der Waals surface area contributed by atoms with Gasteiger partial charge in [0.1, 0.15) is 0 Å². The molecule has 1 heteroatoms. The Morgan fingerprint density at radius 2 is 1.00 bits per heavy atom. The van der Waals surface area contributed by atoms with E-state index in [1.165, 1.54) is 115 Å². The summed E-state index contributed by atoms with van der Waals surface area (Å²) in [5.74, 6) is 0. The highest BCUT2D eigenvalue weighted by Gasteiger charge is 2.10. The largest absolute Gasteiger partial charge is 0.302 e. The maximum absolute atomic E-state index is 2.33. The monoisotopic (exact) mass is 400 g/mol. The summed E-state index contributed by atoms with van der Waals surface area (Å²) in [5.41, 5.74) is 1.30. The Morgan fingerprint density at radius 3 is 1.45 bits per heavy atom. The van der Waals surface area contributed by atoms with Crippen LogP contribution < -0.4 is 0 Å². The SMILES string of the molecule is CCCCCCCCCCCCCCCCCC[N+](C)(C)C=Cc1ccccc1. The molecular formula is C28H50N+. The molecule has 0 N–H and O–H groups in total. The molecule has 0 bridgehead atoms. The van der Waals surface area contributed by atoms with Crippen LogP contribution in [0.25, 0.3) is 6.08 Å². The molecule has 0 radical (unpaired) electrons. The predicted molar refractivity (Wildman–Crippen MR) is 132 cm³/mol. The van der Waals surface area contributed by atoms with Gasteiger partial charge in [0.15, 0.2) is 0 Å². The van der Waals surface area contributed by atoms with E-state index in [9.17, 15) is 0 Å². The van der Waals surface area contributed by atoms with Gasteiger partial charge in [-0.2, -0.15) is 0 Å². The lowest BCUT2D eigenvalue weighted by Crippen LogP contribution is -2.34. The standard InChI is InChI=1S/C28H50N/c1-4-5-6-7-8-9-10-11-12-13-14-15-16-17-18-22-26-29(2,3)27-25-28-23-20-19-21-24-28/h19-21,23-25,27H,4-18,22,26H2,1-3H3/q+1. The van der Waals surface area contributed by atoms with Crippen molar-refractivity contribution < 1.29 is 4.48 Å². The highest BCUT2D eigenvalue weighted by atomic mass is 15.3. The molecule has 166 valence electrons. The second-order valence-electron chi connectivity index (χ2n) is 9.53. The van der Waals surface area contributed by atoms with E-state index in [0.29, 0.717) is 0 Å². The van der Waals surface area contributed by atoms with Gasteiger partial charge in [-0.3, -0.25) is 0 Å². The predicted octanol–water partition coefficient (Wildman–Crippen LogP) is 9.00. The van der Waals surface area contributed by atoms with Crippen LogP contribution in [0, 0.1) is 0 Å². The van der Waals surface area contributed by atoms with E-state index < -0.39 is 0 Å². The van der Waals surface area contributed by atoms with Crippen LogP contribution in [-0.2, 0) is 0 Å². The lowest BCUT2D eigenvalue weighted by molar-refractivity contribution is -0.838. The first-order valence-corrected chi connectivity index (χ1v) is 12.7. The fraction of sp³-hybridized carbons (Fsp3) is 0.714. The van der Waals surface area contributed by atoms with Gasteiger partial charge in [-0.05, 0) is 24.5 Å². The molecule has 0 atom stereocenters. The Bertz CT molecular complexity index is 488. The topological polar surface area (TPSA) is 0 Å². The first-order valence-electron chi connectivity index (χ1n) is 12.7. The lowest BCUT2D eigenvalue weighted by Gasteiger charge is -2.24. The number of quaternary nitrogens is 1. The fourth-order valence-corrected chi connectivity index (χ4v) is 3.99. The van der Waals surface area contributed by atoms with Crippen molar-refractivity contribution in [3.05, 3.63) is 42.1 Å². The van der Waals surface area contributed by atoms with E-state index in [1.807, 2.05) is 0 Å². The highest BCUT2D eigenvalue weighted by molar-refractivity contribution is 5.47. The molecule has 0 aromatic heterocycles. The molecule has 0 heterocycles. The third kappa shape index (κ3) is 16.4. The van der Waals surface area contributed by atoms with Gasteiger partial charge in [-0.25, -0.2) is 0 Å². The number of benzene rings is 1. The number of hydrogen-bond donors (Lipinski definition) is 0. The number of rotatable bonds is 19. The van der Waals surface area contributed by atoms with Crippen molar-refractivity contribution in [2.45, 2.75) is 110 Å². The quantitative estimate of drug-likeness (QED) is 0.160. The third-order valence-electron chi connectivity index (χ3n) is 6.06. The zero-order valence-electron chi connectivity index (χ0n) is 20.0. The zero-order chi connectivity index (χ0) is 21.0. The lowest BCUT2D eigenvalue weighted by atomic mass is 10.0. The molecular weight excluding hydrogens is 350 g/mol. The molecule has 1 nitrogen and oxygen atoms in total. The molecule has 0 saturated carbocycles. The van der Waals surface area contributed by atoms with Crippen molar-refractivity contribution in [3.8, 4) is 0 Å². The summed E-state index contributed by atoms with van der Waals surface area (Å²) >= 11 is 0. The smallest absolute Gasteiger partial charge is 0.0960 e. The van der Waals surface area contributed by atoms with Gasteiger partial charge >= 0.3 is 0 Å². The number of hydrogen-bond acceptors (Lipinski definition) is 0. The maximum Gasteiger partial charge on any atom is 0.0960 e. The average molecular weight is 401 g/mol. The van der Waals surface area contributed by atoms with Gasteiger partial charge in [0, 0.05) is 0 Å². The minimum Gasteiger partial charge on any atom is -0.302 e. The van der Waals surface area contributed by atoms with Crippen molar-refractivity contribution in [2.24, 2.45) is 0 Å².